The van der Waals surface area contributed by atoms with E-state index in [1.165, 1.54) is 12.8 Å². The molecule has 2 aliphatic rings. The summed E-state index contributed by atoms with van der Waals surface area (Å²) in [5.74, 6) is 0.470. The summed E-state index contributed by atoms with van der Waals surface area (Å²) in [4.78, 5) is 14.6. The van der Waals surface area contributed by atoms with Gasteiger partial charge in [-0.15, -0.1) is 12.4 Å². The molecule has 7 heteroatoms. The molecule has 0 aliphatic carbocycles. The SMILES string of the molecule is CN(C(=O)c1cc(-c2cccc(Cl)c2)on1)C1CC2CCC(C1)N2.Cl. The smallest absolute Gasteiger partial charge is 0.276 e. The van der Waals surface area contributed by atoms with Gasteiger partial charge in [0.25, 0.3) is 5.91 Å². The number of benzene rings is 1. The van der Waals surface area contributed by atoms with Crippen LogP contribution in [0.1, 0.15) is 36.2 Å². The first-order valence-corrected chi connectivity index (χ1v) is 8.74. The van der Waals surface area contributed by atoms with Gasteiger partial charge < -0.3 is 14.7 Å². The lowest BCUT2D eigenvalue weighted by molar-refractivity contribution is 0.0671. The highest BCUT2D eigenvalue weighted by Gasteiger charge is 2.37. The normalized spacial score (nSPS) is 24.6. The van der Waals surface area contributed by atoms with Gasteiger partial charge in [0.2, 0.25) is 0 Å². The van der Waals surface area contributed by atoms with Crippen molar-refractivity contribution in [2.75, 3.05) is 7.05 Å². The van der Waals surface area contributed by atoms with Gasteiger partial charge in [0.05, 0.1) is 0 Å². The van der Waals surface area contributed by atoms with Crippen molar-refractivity contribution in [1.29, 1.82) is 0 Å². The average Bonchev–Trinajstić information content (AvgIpc) is 3.20. The minimum atomic E-state index is -0.0849. The molecule has 2 aromatic rings. The van der Waals surface area contributed by atoms with Gasteiger partial charge in [-0.3, -0.25) is 4.79 Å². The van der Waals surface area contributed by atoms with Crippen molar-refractivity contribution < 1.29 is 9.32 Å². The zero-order chi connectivity index (χ0) is 16.7. The number of hydrogen-bond donors (Lipinski definition) is 1. The third kappa shape index (κ3) is 3.68. The van der Waals surface area contributed by atoms with Crippen LogP contribution in [0.5, 0.6) is 0 Å². The zero-order valence-electron chi connectivity index (χ0n) is 13.9. The minimum Gasteiger partial charge on any atom is -0.355 e. The van der Waals surface area contributed by atoms with Gasteiger partial charge >= 0.3 is 0 Å². The lowest BCUT2D eigenvalue weighted by Crippen LogP contribution is -2.48. The molecule has 2 unspecified atom stereocenters. The lowest BCUT2D eigenvalue weighted by atomic mass is 9.98. The van der Waals surface area contributed by atoms with Crippen molar-refractivity contribution in [3.05, 3.63) is 41.0 Å². The highest BCUT2D eigenvalue weighted by molar-refractivity contribution is 6.30. The fourth-order valence-corrected chi connectivity index (χ4v) is 4.03. The van der Waals surface area contributed by atoms with Crippen LogP contribution >= 0.6 is 24.0 Å². The number of amides is 1. The molecule has 4 rings (SSSR count). The predicted molar refractivity (Wildman–Crippen MR) is 99.3 cm³/mol. The average molecular weight is 382 g/mol. The Morgan fingerprint density at radius 1 is 1.28 bits per heavy atom. The van der Waals surface area contributed by atoms with Crippen molar-refractivity contribution in [2.24, 2.45) is 0 Å². The second-order valence-corrected chi connectivity index (χ2v) is 7.20. The number of carbonyl (C=O) groups is 1. The molecule has 1 N–H and O–H groups in total. The van der Waals surface area contributed by atoms with Crippen LogP contribution in [-0.4, -0.2) is 41.1 Å². The second kappa shape index (κ2) is 7.36. The van der Waals surface area contributed by atoms with E-state index in [1.807, 2.05) is 24.1 Å². The van der Waals surface area contributed by atoms with Crippen LogP contribution in [-0.2, 0) is 0 Å². The third-order valence-corrected chi connectivity index (χ3v) is 5.39. The Morgan fingerprint density at radius 3 is 2.68 bits per heavy atom. The fraction of sp³-hybridized carbons (Fsp3) is 0.444. The Bertz CT molecular complexity index is 752. The van der Waals surface area contributed by atoms with E-state index in [4.69, 9.17) is 16.1 Å². The number of rotatable bonds is 3. The predicted octanol–water partition coefficient (Wildman–Crippen LogP) is 3.77. The van der Waals surface area contributed by atoms with Gasteiger partial charge in [-0.05, 0) is 37.8 Å². The van der Waals surface area contributed by atoms with E-state index in [2.05, 4.69) is 10.5 Å². The first kappa shape index (κ1) is 18.2. The van der Waals surface area contributed by atoms with Gasteiger partial charge in [0.15, 0.2) is 11.5 Å². The number of halogens is 2. The molecule has 2 saturated heterocycles. The van der Waals surface area contributed by atoms with Gasteiger partial charge in [-0.25, -0.2) is 0 Å². The van der Waals surface area contributed by atoms with Crippen LogP contribution in [0.3, 0.4) is 0 Å². The Labute approximate surface area is 158 Å². The Morgan fingerprint density at radius 2 is 2.00 bits per heavy atom. The number of nitrogens with zero attached hydrogens (tertiary/aromatic N) is 2. The number of fused-ring (bicyclic) bond motifs is 2. The standard InChI is InChI=1S/C18H20ClN3O2.ClH/c1-22(15-8-13-5-6-14(9-15)20-13)18(23)16-10-17(24-21-16)11-3-2-4-12(19)7-11;/h2-4,7,10,13-15,20H,5-6,8-9H2,1H3;1H. The van der Waals surface area contributed by atoms with E-state index in [-0.39, 0.29) is 24.4 Å². The van der Waals surface area contributed by atoms with Gasteiger partial charge in [-0.1, -0.05) is 28.9 Å². The van der Waals surface area contributed by atoms with E-state index < -0.39 is 0 Å². The van der Waals surface area contributed by atoms with Crippen LogP contribution in [0.15, 0.2) is 34.9 Å². The summed E-state index contributed by atoms with van der Waals surface area (Å²) in [6.45, 7) is 0. The Hall–Kier alpha value is -1.56. The summed E-state index contributed by atoms with van der Waals surface area (Å²) < 4.78 is 5.35. The number of carbonyl (C=O) groups excluding carboxylic acids is 1. The van der Waals surface area contributed by atoms with E-state index in [0.717, 1.165) is 18.4 Å². The number of piperidine rings is 1. The summed E-state index contributed by atoms with van der Waals surface area (Å²) in [6, 6.07) is 10.4. The molecule has 2 bridgehead atoms. The van der Waals surface area contributed by atoms with Crippen LogP contribution in [0, 0.1) is 0 Å². The quantitative estimate of drug-likeness (QED) is 0.878. The molecule has 1 aromatic heterocycles. The summed E-state index contributed by atoms with van der Waals surface area (Å²) in [6.07, 6.45) is 4.45. The van der Waals surface area contributed by atoms with Crippen LogP contribution < -0.4 is 5.32 Å². The van der Waals surface area contributed by atoms with Crippen molar-refractivity contribution in [3.8, 4) is 11.3 Å². The highest BCUT2D eigenvalue weighted by Crippen LogP contribution is 2.30. The van der Waals surface area contributed by atoms with E-state index in [0.29, 0.717) is 28.6 Å². The number of hydrogen-bond acceptors (Lipinski definition) is 4. The molecule has 5 nitrogen and oxygen atoms in total. The maximum Gasteiger partial charge on any atom is 0.276 e. The van der Waals surface area contributed by atoms with Gasteiger partial charge in [-0.2, -0.15) is 0 Å². The monoisotopic (exact) mass is 381 g/mol. The molecule has 2 fully saturated rings. The molecular weight excluding hydrogens is 361 g/mol. The Balaban J connectivity index is 0.00000182. The van der Waals surface area contributed by atoms with Crippen molar-refractivity contribution in [2.45, 2.75) is 43.8 Å². The molecular formula is C18H21Cl2N3O2. The summed E-state index contributed by atoms with van der Waals surface area (Å²) in [5.41, 5.74) is 1.16. The largest absolute Gasteiger partial charge is 0.355 e. The van der Waals surface area contributed by atoms with Crippen molar-refractivity contribution >= 4 is 29.9 Å². The van der Waals surface area contributed by atoms with Gasteiger partial charge in [0.1, 0.15) is 0 Å². The molecule has 0 spiro atoms. The summed E-state index contributed by atoms with van der Waals surface area (Å²) in [5, 5.41) is 8.19. The van der Waals surface area contributed by atoms with Crippen molar-refractivity contribution in [3.63, 3.8) is 0 Å². The second-order valence-electron chi connectivity index (χ2n) is 6.77. The summed E-state index contributed by atoms with van der Waals surface area (Å²) in [7, 11) is 1.87. The maximum atomic E-state index is 12.7. The lowest BCUT2D eigenvalue weighted by Gasteiger charge is -2.35. The van der Waals surface area contributed by atoms with Crippen molar-refractivity contribution in [1.82, 2.24) is 15.4 Å². The molecule has 1 aromatic carbocycles. The zero-order valence-corrected chi connectivity index (χ0v) is 15.5. The molecule has 2 atom stereocenters. The first-order valence-electron chi connectivity index (χ1n) is 8.36. The van der Waals surface area contributed by atoms with E-state index >= 15 is 0 Å². The molecule has 2 aliphatic heterocycles. The van der Waals surface area contributed by atoms with Crippen LogP contribution in [0.25, 0.3) is 11.3 Å². The molecule has 3 heterocycles. The summed E-state index contributed by atoms with van der Waals surface area (Å²) >= 11 is 6.01. The molecule has 25 heavy (non-hydrogen) atoms. The highest BCUT2D eigenvalue weighted by atomic mass is 35.5. The molecule has 0 saturated carbocycles. The van der Waals surface area contributed by atoms with Crippen LogP contribution in [0.4, 0.5) is 0 Å². The third-order valence-electron chi connectivity index (χ3n) is 5.15. The van der Waals surface area contributed by atoms with E-state index in [9.17, 15) is 4.79 Å². The first-order chi connectivity index (χ1) is 11.6. The molecule has 0 radical (unpaired) electrons. The number of nitrogens with one attached hydrogen (secondary N) is 1. The number of aromatic nitrogens is 1. The topological polar surface area (TPSA) is 58.4 Å². The Kier molecular flexibility index (Phi) is 5.37. The molecule has 134 valence electrons. The fourth-order valence-electron chi connectivity index (χ4n) is 3.84. The van der Waals surface area contributed by atoms with Gasteiger partial charge in [0, 0.05) is 41.8 Å². The van der Waals surface area contributed by atoms with Crippen LogP contribution in [0.2, 0.25) is 5.02 Å². The van der Waals surface area contributed by atoms with E-state index in [1.54, 1.807) is 18.2 Å². The maximum absolute atomic E-state index is 12.7. The molecule has 1 amide bonds. The minimum absolute atomic E-state index is 0.